The van der Waals surface area contributed by atoms with Crippen LogP contribution in [0.25, 0.3) is 0 Å². The van der Waals surface area contributed by atoms with Crippen molar-refractivity contribution in [3.05, 3.63) is 47.2 Å². The maximum absolute atomic E-state index is 12.8. The van der Waals surface area contributed by atoms with Crippen LogP contribution in [-0.2, 0) is 23.8 Å². The lowest BCUT2D eigenvalue weighted by Crippen LogP contribution is -2.34. The van der Waals surface area contributed by atoms with Gasteiger partial charge in [0, 0.05) is 25.0 Å². The zero-order chi connectivity index (χ0) is 17.1. The molecule has 1 aromatic rings. The van der Waals surface area contributed by atoms with Gasteiger partial charge in [-0.05, 0) is 12.0 Å². The zero-order valence-corrected chi connectivity index (χ0v) is 14.0. The fraction of sp³-hybridized carbons (Fsp3) is 0.474. The number of carbonyl (C=O) groups excluding carboxylic acids is 2. The molecule has 0 bridgehead atoms. The Morgan fingerprint density at radius 1 is 1.21 bits per heavy atom. The molecule has 0 spiro atoms. The van der Waals surface area contributed by atoms with Crippen molar-refractivity contribution in [3.8, 4) is 0 Å². The third kappa shape index (κ3) is 3.36. The van der Waals surface area contributed by atoms with E-state index < -0.39 is 0 Å². The molecular weight excluding hydrogens is 308 g/mol. The van der Waals surface area contributed by atoms with Crippen molar-refractivity contribution >= 4 is 11.8 Å². The van der Waals surface area contributed by atoms with Crippen LogP contribution in [0.3, 0.4) is 0 Å². The lowest BCUT2D eigenvalue weighted by atomic mass is 9.78. The summed E-state index contributed by atoms with van der Waals surface area (Å²) in [6.07, 6.45) is 1.36. The maximum atomic E-state index is 12.8. The first-order valence-corrected chi connectivity index (χ1v) is 8.19. The predicted octanol–water partition coefficient (Wildman–Crippen LogP) is 2.96. The number of benzene rings is 1. The summed E-state index contributed by atoms with van der Waals surface area (Å²) in [5.74, 6) is 0.220. The molecule has 3 unspecified atom stereocenters. The number of allylic oxidation sites excluding steroid dienone is 1. The van der Waals surface area contributed by atoms with Crippen molar-refractivity contribution < 1.29 is 23.8 Å². The van der Waals surface area contributed by atoms with Crippen LogP contribution in [0.4, 0.5) is 0 Å². The second kappa shape index (κ2) is 7.18. The summed E-state index contributed by atoms with van der Waals surface area (Å²) in [7, 11) is 3.00. The summed E-state index contributed by atoms with van der Waals surface area (Å²) < 4.78 is 16.4. The Labute approximate surface area is 141 Å². The number of esters is 1. The van der Waals surface area contributed by atoms with Gasteiger partial charge in [-0.2, -0.15) is 0 Å². The molecule has 1 aliphatic carbocycles. The number of methoxy groups -OCH3 is 2. The standard InChI is InChI=1S/C19H22O5/c1-22-14-8-13(9-18(21)23-2)19-15(20)11-16(24-17(19)10-14)12-6-4-3-5-7-12/h3-7,13-14,16H,8-11H2,1-2H3. The molecule has 0 aromatic heterocycles. The molecule has 1 aliphatic heterocycles. The molecule has 0 amide bonds. The number of hydrogen-bond donors (Lipinski definition) is 0. The molecule has 2 aliphatic rings. The zero-order valence-electron chi connectivity index (χ0n) is 14.0. The number of ether oxygens (including phenoxy) is 3. The van der Waals surface area contributed by atoms with Gasteiger partial charge in [0.2, 0.25) is 0 Å². The van der Waals surface area contributed by atoms with Gasteiger partial charge >= 0.3 is 5.97 Å². The summed E-state index contributed by atoms with van der Waals surface area (Å²) in [4.78, 5) is 24.5. The smallest absolute Gasteiger partial charge is 0.306 e. The van der Waals surface area contributed by atoms with Gasteiger partial charge in [-0.25, -0.2) is 0 Å². The van der Waals surface area contributed by atoms with Crippen molar-refractivity contribution in [2.75, 3.05) is 14.2 Å². The summed E-state index contributed by atoms with van der Waals surface area (Å²) in [5.41, 5.74) is 1.64. The topological polar surface area (TPSA) is 61.8 Å². The molecule has 5 heteroatoms. The molecule has 0 saturated heterocycles. The van der Waals surface area contributed by atoms with Crippen LogP contribution < -0.4 is 0 Å². The highest BCUT2D eigenvalue weighted by Crippen LogP contribution is 2.42. The fourth-order valence-electron chi connectivity index (χ4n) is 3.55. The second-order valence-electron chi connectivity index (χ2n) is 6.26. The molecule has 0 N–H and O–H groups in total. The third-order valence-corrected chi connectivity index (χ3v) is 4.77. The first-order valence-electron chi connectivity index (χ1n) is 8.19. The van der Waals surface area contributed by atoms with E-state index in [1.165, 1.54) is 7.11 Å². The average Bonchev–Trinajstić information content (AvgIpc) is 2.61. The Hall–Kier alpha value is -2.14. The fourth-order valence-corrected chi connectivity index (χ4v) is 3.55. The lowest BCUT2D eigenvalue weighted by Gasteiger charge is -2.37. The molecule has 0 fully saturated rings. The van der Waals surface area contributed by atoms with Crippen LogP contribution in [-0.4, -0.2) is 32.1 Å². The summed E-state index contributed by atoms with van der Waals surface area (Å²) >= 11 is 0. The number of rotatable bonds is 4. The molecular formula is C19H22O5. The summed E-state index contributed by atoms with van der Waals surface area (Å²) in [6.45, 7) is 0. The minimum absolute atomic E-state index is 0.0549. The molecule has 5 nitrogen and oxygen atoms in total. The average molecular weight is 330 g/mol. The highest BCUT2D eigenvalue weighted by Gasteiger charge is 2.40. The lowest BCUT2D eigenvalue weighted by molar-refractivity contribution is -0.142. The van der Waals surface area contributed by atoms with Crippen molar-refractivity contribution in [3.63, 3.8) is 0 Å². The van der Waals surface area contributed by atoms with Crippen LogP contribution in [0.5, 0.6) is 0 Å². The maximum Gasteiger partial charge on any atom is 0.306 e. The third-order valence-electron chi connectivity index (χ3n) is 4.77. The van der Waals surface area contributed by atoms with Crippen LogP contribution in [0.2, 0.25) is 0 Å². The van der Waals surface area contributed by atoms with Crippen LogP contribution in [0.1, 0.15) is 37.4 Å². The quantitative estimate of drug-likeness (QED) is 0.794. The van der Waals surface area contributed by atoms with E-state index in [0.717, 1.165) is 5.56 Å². The monoisotopic (exact) mass is 330 g/mol. The summed E-state index contributed by atoms with van der Waals surface area (Å²) in [6, 6.07) is 9.74. The number of Topliss-reactive ketones (excluding diaryl/α,β-unsaturated/α-hetero) is 1. The second-order valence-corrected chi connectivity index (χ2v) is 6.26. The van der Waals surface area contributed by atoms with Crippen LogP contribution in [0.15, 0.2) is 41.7 Å². The van der Waals surface area contributed by atoms with Gasteiger partial charge in [0.25, 0.3) is 0 Å². The molecule has 1 aromatic carbocycles. The number of hydrogen-bond acceptors (Lipinski definition) is 5. The molecule has 3 atom stereocenters. The van der Waals surface area contributed by atoms with Gasteiger partial charge in [0.15, 0.2) is 5.78 Å². The Morgan fingerprint density at radius 2 is 1.96 bits per heavy atom. The van der Waals surface area contributed by atoms with Gasteiger partial charge in [0.05, 0.1) is 26.1 Å². The van der Waals surface area contributed by atoms with E-state index in [-0.39, 0.29) is 36.3 Å². The van der Waals surface area contributed by atoms with Gasteiger partial charge in [-0.3, -0.25) is 9.59 Å². The number of carbonyl (C=O) groups is 2. The molecule has 24 heavy (non-hydrogen) atoms. The van der Waals surface area contributed by atoms with Crippen molar-refractivity contribution in [1.29, 1.82) is 0 Å². The Balaban J connectivity index is 1.89. The van der Waals surface area contributed by atoms with Gasteiger partial charge in [-0.1, -0.05) is 30.3 Å². The summed E-state index contributed by atoms with van der Waals surface area (Å²) in [5, 5.41) is 0. The van der Waals surface area contributed by atoms with E-state index in [2.05, 4.69) is 0 Å². The van der Waals surface area contributed by atoms with E-state index in [9.17, 15) is 9.59 Å². The normalized spacial score (nSPS) is 26.6. The first kappa shape index (κ1) is 16.7. The van der Waals surface area contributed by atoms with Crippen molar-refractivity contribution in [2.45, 2.75) is 37.9 Å². The Morgan fingerprint density at radius 3 is 2.62 bits per heavy atom. The predicted molar refractivity (Wildman–Crippen MR) is 87.1 cm³/mol. The van der Waals surface area contributed by atoms with E-state index in [4.69, 9.17) is 14.2 Å². The minimum atomic E-state index is -0.318. The molecule has 0 radical (unpaired) electrons. The molecule has 128 valence electrons. The SMILES string of the molecule is COC(=O)CC1CC(OC)CC2=C1C(=O)CC(c1ccccc1)O2. The van der Waals surface area contributed by atoms with Gasteiger partial charge in [0.1, 0.15) is 11.9 Å². The van der Waals surface area contributed by atoms with E-state index in [1.54, 1.807) is 7.11 Å². The van der Waals surface area contributed by atoms with Gasteiger partial charge in [-0.15, -0.1) is 0 Å². The number of ketones is 1. The van der Waals surface area contributed by atoms with Crippen LogP contribution in [0, 0.1) is 5.92 Å². The van der Waals surface area contributed by atoms with Crippen molar-refractivity contribution in [1.82, 2.24) is 0 Å². The Bertz CT molecular complexity index is 649. The minimum Gasteiger partial charge on any atom is -0.489 e. The van der Waals surface area contributed by atoms with E-state index in [0.29, 0.717) is 30.6 Å². The Kier molecular flexibility index (Phi) is 5.00. The molecule has 3 rings (SSSR count). The van der Waals surface area contributed by atoms with Gasteiger partial charge < -0.3 is 14.2 Å². The van der Waals surface area contributed by atoms with E-state index >= 15 is 0 Å². The largest absolute Gasteiger partial charge is 0.489 e. The molecule has 0 saturated carbocycles. The highest BCUT2D eigenvalue weighted by molar-refractivity contribution is 5.98. The van der Waals surface area contributed by atoms with Crippen molar-refractivity contribution in [2.24, 2.45) is 5.92 Å². The highest BCUT2D eigenvalue weighted by atomic mass is 16.5. The molecule has 1 heterocycles. The van der Waals surface area contributed by atoms with E-state index in [1.807, 2.05) is 30.3 Å². The van der Waals surface area contributed by atoms with Crippen LogP contribution >= 0.6 is 0 Å². The first-order chi connectivity index (χ1) is 11.6.